The average molecular weight is 464 g/mol. The Morgan fingerprint density at radius 3 is 1.97 bits per heavy atom. The molecule has 11 nitrogen and oxygen atoms in total. The first-order valence-electron chi connectivity index (χ1n) is 10.6. The van der Waals surface area contributed by atoms with E-state index < -0.39 is 53.8 Å². The van der Waals surface area contributed by atoms with Crippen molar-refractivity contribution in [1.82, 2.24) is 16.0 Å². The van der Waals surface area contributed by atoms with Crippen molar-refractivity contribution in [2.75, 3.05) is 0 Å². The maximum atomic E-state index is 12.8. The summed E-state index contributed by atoms with van der Waals surface area (Å²) in [4.78, 5) is 60.3. The van der Waals surface area contributed by atoms with Crippen molar-refractivity contribution in [3.8, 4) is 0 Å². The molecule has 0 aliphatic carbocycles. The number of hydrogen-bond donors (Lipinski definition) is 6. The van der Waals surface area contributed by atoms with Gasteiger partial charge >= 0.3 is 5.97 Å². The van der Waals surface area contributed by atoms with Crippen molar-refractivity contribution in [3.05, 3.63) is 35.9 Å². The van der Waals surface area contributed by atoms with Gasteiger partial charge in [0, 0.05) is 12.8 Å². The highest BCUT2D eigenvalue weighted by Gasteiger charge is 2.29. The fourth-order valence-corrected chi connectivity index (χ4v) is 2.85. The van der Waals surface area contributed by atoms with Crippen molar-refractivity contribution >= 4 is 29.6 Å². The van der Waals surface area contributed by atoms with Crippen LogP contribution in [-0.4, -0.2) is 58.9 Å². The highest BCUT2D eigenvalue weighted by molar-refractivity contribution is 5.94. The number of carboxylic acid groups (broad SMARTS) is 1. The summed E-state index contributed by atoms with van der Waals surface area (Å²) in [6.07, 6.45) is -0.331. The molecule has 0 fully saturated rings. The Labute approximate surface area is 192 Å². The smallest absolute Gasteiger partial charge is 0.326 e. The largest absolute Gasteiger partial charge is 0.480 e. The number of carbonyl (C=O) groups excluding carboxylic acids is 4. The summed E-state index contributed by atoms with van der Waals surface area (Å²) in [5, 5.41) is 16.8. The third kappa shape index (κ3) is 9.69. The number of benzene rings is 1. The van der Waals surface area contributed by atoms with Crippen LogP contribution in [0.15, 0.2) is 30.3 Å². The molecular weight excluding hydrogens is 430 g/mol. The van der Waals surface area contributed by atoms with Gasteiger partial charge in [0.05, 0.1) is 6.04 Å². The van der Waals surface area contributed by atoms with Crippen LogP contribution in [0.3, 0.4) is 0 Å². The highest BCUT2D eigenvalue weighted by atomic mass is 16.4. The first kappa shape index (κ1) is 27.6. The maximum absolute atomic E-state index is 12.8. The molecule has 0 heterocycles. The van der Waals surface area contributed by atoms with E-state index in [1.165, 1.54) is 6.92 Å². The molecule has 33 heavy (non-hydrogen) atoms. The van der Waals surface area contributed by atoms with Gasteiger partial charge in [0.2, 0.25) is 23.6 Å². The molecule has 1 rings (SSSR count). The summed E-state index contributed by atoms with van der Waals surface area (Å²) >= 11 is 0. The second kappa shape index (κ2) is 13.2. The molecule has 11 heteroatoms. The summed E-state index contributed by atoms with van der Waals surface area (Å²) in [6.45, 7) is 4.93. The van der Waals surface area contributed by atoms with Gasteiger partial charge in [0.1, 0.15) is 18.1 Å². The number of nitrogens with one attached hydrogen (secondary N) is 3. The van der Waals surface area contributed by atoms with Crippen molar-refractivity contribution in [2.24, 2.45) is 17.4 Å². The molecule has 0 bridgehead atoms. The highest BCUT2D eigenvalue weighted by Crippen LogP contribution is 2.06. The molecule has 0 spiro atoms. The normalized spacial score (nSPS) is 14.5. The van der Waals surface area contributed by atoms with Gasteiger partial charge < -0.3 is 32.5 Å². The fourth-order valence-electron chi connectivity index (χ4n) is 2.85. The molecule has 4 atom stereocenters. The van der Waals surface area contributed by atoms with E-state index in [2.05, 4.69) is 16.0 Å². The zero-order valence-electron chi connectivity index (χ0n) is 19.0. The van der Waals surface area contributed by atoms with Crippen LogP contribution in [0, 0.1) is 5.92 Å². The van der Waals surface area contributed by atoms with Crippen LogP contribution >= 0.6 is 0 Å². The molecule has 0 saturated heterocycles. The van der Waals surface area contributed by atoms with Gasteiger partial charge in [-0.1, -0.05) is 44.2 Å². The average Bonchev–Trinajstić information content (AvgIpc) is 2.75. The molecular formula is C22H33N5O6. The molecule has 0 radical (unpaired) electrons. The third-order valence-electron chi connectivity index (χ3n) is 4.98. The predicted octanol–water partition coefficient (Wildman–Crippen LogP) is -0.963. The summed E-state index contributed by atoms with van der Waals surface area (Å²) in [5.74, 6) is -4.10. The summed E-state index contributed by atoms with van der Waals surface area (Å²) in [7, 11) is 0. The number of hydrogen-bond acceptors (Lipinski definition) is 6. The zero-order chi connectivity index (χ0) is 25.1. The summed E-state index contributed by atoms with van der Waals surface area (Å²) in [6, 6.07) is 4.38. The van der Waals surface area contributed by atoms with Crippen molar-refractivity contribution in [1.29, 1.82) is 0 Å². The van der Waals surface area contributed by atoms with Crippen LogP contribution in [-0.2, 0) is 30.4 Å². The monoisotopic (exact) mass is 463 g/mol. The Hall–Kier alpha value is -3.47. The number of primary amides is 1. The standard InChI is InChI=1S/C22H33N5O6/c1-12(2)18(24)21(31)25-13(3)19(29)26-15(9-10-17(23)28)20(30)27-16(22(32)33)11-14-7-5-4-6-8-14/h4-8,12-13,15-16,18H,9-11,24H2,1-3H3,(H2,23,28)(H,25,31)(H,26,29)(H,27,30)(H,32,33). The molecule has 0 aromatic heterocycles. The molecule has 1 aromatic rings. The molecule has 0 aliphatic rings. The van der Waals surface area contributed by atoms with Crippen molar-refractivity contribution < 1.29 is 29.1 Å². The first-order chi connectivity index (χ1) is 15.4. The number of carboxylic acids is 1. The minimum Gasteiger partial charge on any atom is -0.480 e. The molecule has 0 aliphatic heterocycles. The zero-order valence-corrected chi connectivity index (χ0v) is 19.0. The molecule has 8 N–H and O–H groups in total. The van der Waals surface area contributed by atoms with E-state index in [9.17, 15) is 29.1 Å². The lowest BCUT2D eigenvalue weighted by molar-refractivity contribution is -0.142. The van der Waals surface area contributed by atoms with Gasteiger partial charge in [-0.05, 0) is 24.8 Å². The topological polar surface area (TPSA) is 194 Å². The van der Waals surface area contributed by atoms with Gasteiger partial charge in [-0.3, -0.25) is 19.2 Å². The van der Waals surface area contributed by atoms with E-state index >= 15 is 0 Å². The van der Waals surface area contributed by atoms with Gasteiger partial charge in [-0.25, -0.2) is 4.79 Å². The van der Waals surface area contributed by atoms with Crippen molar-refractivity contribution in [3.63, 3.8) is 0 Å². The van der Waals surface area contributed by atoms with Gasteiger partial charge in [0.15, 0.2) is 0 Å². The van der Waals surface area contributed by atoms with Crippen LogP contribution in [0.1, 0.15) is 39.2 Å². The SMILES string of the molecule is CC(NC(=O)C(N)C(C)C)C(=O)NC(CCC(N)=O)C(=O)NC(Cc1ccccc1)C(=O)O. The van der Waals surface area contributed by atoms with Gasteiger partial charge in [0.25, 0.3) is 0 Å². The summed E-state index contributed by atoms with van der Waals surface area (Å²) < 4.78 is 0. The lowest BCUT2D eigenvalue weighted by Crippen LogP contribution is -2.57. The number of rotatable bonds is 13. The van der Waals surface area contributed by atoms with Crippen LogP contribution in [0.4, 0.5) is 0 Å². The van der Waals surface area contributed by atoms with E-state index in [1.54, 1.807) is 44.2 Å². The maximum Gasteiger partial charge on any atom is 0.326 e. The van der Waals surface area contributed by atoms with Crippen molar-refractivity contribution in [2.45, 2.75) is 64.2 Å². The molecule has 4 unspecified atom stereocenters. The lowest BCUT2D eigenvalue weighted by atomic mass is 10.0. The Morgan fingerprint density at radius 1 is 0.879 bits per heavy atom. The van der Waals surface area contributed by atoms with Gasteiger partial charge in [-0.2, -0.15) is 0 Å². The molecule has 4 amide bonds. The van der Waals surface area contributed by atoms with E-state index in [4.69, 9.17) is 11.5 Å². The molecule has 1 aromatic carbocycles. The Kier molecular flexibility index (Phi) is 11.0. The van der Waals surface area contributed by atoms with Crippen LogP contribution in [0.25, 0.3) is 0 Å². The Morgan fingerprint density at radius 2 is 1.45 bits per heavy atom. The van der Waals surface area contributed by atoms with Crippen LogP contribution < -0.4 is 27.4 Å². The van der Waals surface area contributed by atoms with E-state index in [1.807, 2.05) is 0 Å². The molecule has 182 valence electrons. The third-order valence-corrected chi connectivity index (χ3v) is 4.98. The molecule has 0 saturated carbocycles. The number of nitrogens with two attached hydrogens (primary N) is 2. The fraction of sp³-hybridized carbons (Fsp3) is 0.500. The van der Waals surface area contributed by atoms with Crippen LogP contribution in [0.2, 0.25) is 0 Å². The predicted molar refractivity (Wildman–Crippen MR) is 120 cm³/mol. The van der Waals surface area contributed by atoms with E-state index in [-0.39, 0.29) is 25.2 Å². The first-order valence-corrected chi connectivity index (χ1v) is 10.6. The van der Waals surface area contributed by atoms with E-state index in [0.717, 1.165) is 0 Å². The quantitative estimate of drug-likeness (QED) is 0.217. The summed E-state index contributed by atoms with van der Waals surface area (Å²) in [5.41, 5.74) is 11.6. The number of amides is 4. The Bertz CT molecular complexity index is 845. The van der Waals surface area contributed by atoms with Gasteiger partial charge in [-0.15, -0.1) is 0 Å². The Balaban J connectivity index is 2.88. The van der Waals surface area contributed by atoms with E-state index in [0.29, 0.717) is 5.56 Å². The number of carbonyl (C=O) groups is 5. The second-order valence-corrected chi connectivity index (χ2v) is 8.16. The number of aliphatic carboxylic acids is 1. The van der Waals surface area contributed by atoms with Crippen LogP contribution in [0.5, 0.6) is 0 Å². The lowest BCUT2D eigenvalue weighted by Gasteiger charge is -2.24. The minimum absolute atomic E-state index is 0.0257. The second-order valence-electron chi connectivity index (χ2n) is 8.16. The minimum atomic E-state index is -1.26.